The summed E-state index contributed by atoms with van der Waals surface area (Å²) in [5, 5.41) is 12.8. The minimum Gasteiger partial charge on any atom is -0.481 e. The van der Waals surface area contributed by atoms with Crippen molar-refractivity contribution in [3.05, 3.63) is 5.82 Å². The van der Waals surface area contributed by atoms with Crippen molar-refractivity contribution in [2.24, 2.45) is 0 Å². The van der Waals surface area contributed by atoms with Gasteiger partial charge in [-0.3, -0.25) is 4.79 Å². The average Bonchev–Trinajstić information content (AvgIpc) is 3.00. The molecule has 0 saturated heterocycles. The number of hydrogen-bond acceptors (Lipinski definition) is 5. The Bertz CT molecular complexity index is 390. The number of aliphatic carboxylic acids is 1. The van der Waals surface area contributed by atoms with Crippen LogP contribution in [0.2, 0.25) is 0 Å². The first kappa shape index (κ1) is 12.3. The molecule has 1 atom stereocenters. The lowest BCUT2D eigenvalue weighted by atomic mass is 10.1. The highest BCUT2D eigenvalue weighted by Crippen LogP contribution is 2.39. The molecule has 0 bridgehead atoms. The lowest BCUT2D eigenvalue weighted by Gasteiger charge is -2.14. The Morgan fingerprint density at radius 2 is 2.41 bits per heavy atom. The van der Waals surface area contributed by atoms with Gasteiger partial charge in [0.1, 0.15) is 5.82 Å². The van der Waals surface area contributed by atoms with Gasteiger partial charge in [-0.15, -0.1) is 0 Å². The van der Waals surface area contributed by atoms with Gasteiger partial charge in [-0.05, 0) is 19.3 Å². The number of carboxylic acid groups (broad SMARTS) is 1. The van der Waals surface area contributed by atoms with Crippen molar-refractivity contribution < 1.29 is 9.90 Å². The molecule has 1 unspecified atom stereocenters. The third-order valence-electron chi connectivity index (χ3n) is 2.77. The molecule has 0 aliphatic heterocycles. The third-order valence-corrected chi connectivity index (χ3v) is 3.43. The van der Waals surface area contributed by atoms with Crippen LogP contribution in [-0.4, -0.2) is 26.5 Å². The van der Waals surface area contributed by atoms with Crippen LogP contribution in [0.5, 0.6) is 0 Å². The summed E-state index contributed by atoms with van der Waals surface area (Å²) in [5.74, 6) is 0.692. The summed E-state index contributed by atoms with van der Waals surface area (Å²) in [6, 6.07) is -0.0440. The molecule has 6 heteroatoms. The Balaban J connectivity index is 1.92. The van der Waals surface area contributed by atoms with E-state index >= 15 is 0 Å². The van der Waals surface area contributed by atoms with E-state index in [1.807, 2.05) is 6.92 Å². The SMILES string of the molecule is CCCC(CC(=O)O)Nc1nc(C2CC2)ns1. The first-order chi connectivity index (χ1) is 8.19. The molecule has 1 aliphatic rings. The van der Waals surface area contributed by atoms with Gasteiger partial charge >= 0.3 is 5.97 Å². The van der Waals surface area contributed by atoms with E-state index in [-0.39, 0.29) is 12.5 Å². The van der Waals surface area contributed by atoms with Crippen LogP contribution in [0.15, 0.2) is 0 Å². The number of anilines is 1. The van der Waals surface area contributed by atoms with Crippen molar-refractivity contribution in [3.8, 4) is 0 Å². The molecule has 0 amide bonds. The Kier molecular flexibility index (Phi) is 3.93. The molecular weight excluding hydrogens is 238 g/mol. The van der Waals surface area contributed by atoms with Crippen molar-refractivity contribution >= 4 is 22.6 Å². The fraction of sp³-hybridized carbons (Fsp3) is 0.727. The van der Waals surface area contributed by atoms with E-state index in [2.05, 4.69) is 14.7 Å². The molecule has 5 nitrogen and oxygen atoms in total. The van der Waals surface area contributed by atoms with Crippen LogP contribution in [0.25, 0.3) is 0 Å². The summed E-state index contributed by atoms with van der Waals surface area (Å²) < 4.78 is 4.29. The van der Waals surface area contributed by atoms with Crippen LogP contribution < -0.4 is 5.32 Å². The molecule has 0 spiro atoms. The second kappa shape index (κ2) is 5.44. The summed E-state index contributed by atoms with van der Waals surface area (Å²) in [6.07, 6.45) is 4.30. The molecule has 0 aromatic carbocycles. The number of carboxylic acids is 1. The Morgan fingerprint density at radius 3 is 3.00 bits per heavy atom. The topological polar surface area (TPSA) is 75.1 Å². The molecular formula is C11H17N3O2S. The molecule has 94 valence electrons. The maximum absolute atomic E-state index is 10.7. The van der Waals surface area contributed by atoms with Gasteiger partial charge in [0.15, 0.2) is 0 Å². The van der Waals surface area contributed by atoms with Gasteiger partial charge in [-0.25, -0.2) is 4.98 Å². The van der Waals surface area contributed by atoms with E-state index in [0.717, 1.165) is 23.8 Å². The maximum Gasteiger partial charge on any atom is 0.305 e. The second-order valence-electron chi connectivity index (χ2n) is 4.46. The largest absolute Gasteiger partial charge is 0.481 e. The first-order valence-corrected chi connectivity index (χ1v) is 6.78. The van der Waals surface area contributed by atoms with Crippen LogP contribution in [0.4, 0.5) is 5.13 Å². The fourth-order valence-electron chi connectivity index (χ4n) is 1.76. The predicted octanol–water partition coefficient (Wildman–Crippen LogP) is 2.47. The molecule has 1 aromatic rings. The third kappa shape index (κ3) is 3.66. The van der Waals surface area contributed by atoms with Gasteiger partial charge in [0.25, 0.3) is 0 Å². The van der Waals surface area contributed by atoms with Crippen molar-refractivity contribution in [1.29, 1.82) is 0 Å². The number of nitrogens with zero attached hydrogens (tertiary/aromatic N) is 2. The van der Waals surface area contributed by atoms with E-state index in [1.165, 1.54) is 24.4 Å². The average molecular weight is 255 g/mol. The van der Waals surface area contributed by atoms with E-state index in [9.17, 15) is 4.79 Å². The van der Waals surface area contributed by atoms with E-state index < -0.39 is 5.97 Å². The molecule has 1 aliphatic carbocycles. The van der Waals surface area contributed by atoms with E-state index in [4.69, 9.17) is 5.11 Å². The molecule has 2 N–H and O–H groups in total. The second-order valence-corrected chi connectivity index (χ2v) is 5.21. The van der Waals surface area contributed by atoms with Gasteiger partial charge in [-0.2, -0.15) is 4.37 Å². The van der Waals surface area contributed by atoms with Crippen LogP contribution in [0.1, 0.15) is 50.8 Å². The lowest BCUT2D eigenvalue weighted by Crippen LogP contribution is -2.22. The maximum atomic E-state index is 10.7. The predicted molar refractivity (Wildman–Crippen MR) is 66.5 cm³/mol. The van der Waals surface area contributed by atoms with Crippen LogP contribution >= 0.6 is 11.5 Å². The number of hydrogen-bond donors (Lipinski definition) is 2. The summed E-state index contributed by atoms with van der Waals surface area (Å²) in [7, 11) is 0. The number of nitrogens with one attached hydrogen (secondary N) is 1. The lowest BCUT2D eigenvalue weighted by molar-refractivity contribution is -0.137. The molecule has 17 heavy (non-hydrogen) atoms. The quantitative estimate of drug-likeness (QED) is 0.782. The summed E-state index contributed by atoms with van der Waals surface area (Å²) >= 11 is 1.33. The van der Waals surface area contributed by atoms with Gasteiger partial charge in [0.2, 0.25) is 5.13 Å². The molecule has 1 fully saturated rings. The standard InChI is InChI=1S/C11H17N3O2S/c1-2-3-8(6-9(15)16)12-11-13-10(14-17-11)7-4-5-7/h7-8H,2-6H2,1H3,(H,15,16)(H,12,13,14). The van der Waals surface area contributed by atoms with Gasteiger partial charge < -0.3 is 10.4 Å². The molecule has 0 radical (unpaired) electrons. The fourth-order valence-corrected chi connectivity index (χ4v) is 2.48. The van der Waals surface area contributed by atoms with E-state index in [1.54, 1.807) is 0 Å². The van der Waals surface area contributed by atoms with E-state index in [0.29, 0.717) is 5.92 Å². The molecule has 2 rings (SSSR count). The highest BCUT2D eigenvalue weighted by molar-refractivity contribution is 7.09. The smallest absolute Gasteiger partial charge is 0.305 e. The molecule has 1 heterocycles. The van der Waals surface area contributed by atoms with Crippen LogP contribution in [0, 0.1) is 0 Å². The van der Waals surface area contributed by atoms with Crippen LogP contribution in [-0.2, 0) is 4.79 Å². The van der Waals surface area contributed by atoms with Crippen molar-refractivity contribution in [2.75, 3.05) is 5.32 Å². The first-order valence-electron chi connectivity index (χ1n) is 6.01. The highest BCUT2D eigenvalue weighted by atomic mass is 32.1. The van der Waals surface area contributed by atoms with Gasteiger partial charge in [-0.1, -0.05) is 13.3 Å². The zero-order chi connectivity index (χ0) is 12.3. The highest BCUT2D eigenvalue weighted by Gasteiger charge is 2.28. The minimum absolute atomic E-state index is 0.0440. The van der Waals surface area contributed by atoms with Crippen molar-refractivity contribution in [3.63, 3.8) is 0 Å². The summed E-state index contributed by atoms with van der Waals surface area (Å²) in [6.45, 7) is 2.05. The zero-order valence-electron chi connectivity index (χ0n) is 9.85. The molecule has 1 aromatic heterocycles. The zero-order valence-corrected chi connectivity index (χ0v) is 10.7. The Hall–Kier alpha value is -1.17. The monoisotopic (exact) mass is 255 g/mol. The number of carbonyl (C=O) groups is 1. The Morgan fingerprint density at radius 1 is 1.65 bits per heavy atom. The molecule has 1 saturated carbocycles. The van der Waals surface area contributed by atoms with Crippen molar-refractivity contribution in [1.82, 2.24) is 9.36 Å². The normalized spacial score (nSPS) is 16.8. The summed E-state index contributed by atoms with van der Waals surface area (Å²) in [5.41, 5.74) is 0. The van der Waals surface area contributed by atoms with Crippen LogP contribution in [0.3, 0.4) is 0 Å². The number of aromatic nitrogens is 2. The minimum atomic E-state index is -0.775. The van der Waals surface area contributed by atoms with Crippen molar-refractivity contribution in [2.45, 2.75) is 51.0 Å². The van der Waals surface area contributed by atoms with Gasteiger partial charge in [0, 0.05) is 23.5 Å². The van der Waals surface area contributed by atoms with Gasteiger partial charge in [0.05, 0.1) is 6.42 Å². The Labute approximate surface area is 104 Å². The number of rotatable bonds is 7. The summed E-state index contributed by atoms with van der Waals surface area (Å²) in [4.78, 5) is 15.1.